The molecule has 2 fully saturated rings. The highest BCUT2D eigenvalue weighted by molar-refractivity contribution is 5.92. The van der Waals surface area contributed by atoms with Gasteiger partial charge in [0.05, 0.1) is 0 Å². The van der Waals surface area contributed by atoms with Gasteiger partial charge in [-0.15, -0.1) is 10.2 Å². The minimum absolute atomic E-state index is 0.240. The van der Waals surface area contributed by atoms with Gasteiger partial charge in [0.1, 0.15) is 5.69 Å². The number of benzene rings is 1. The lowest BCUT2D eigenvalue weighted by atomic mass is 9.81. The summed E-state index contributed by atoms with van der Waals surface area (Å²) in [6, 6.07) is 10.1. The topological polar surface area (TPSA) is 80.9 Å². The van der Waals surface area contributed by atoms with Crippen molar-refractivity contribution in [2.75, 3.05) is 6.54 Å². The van der Waals surface area contributed by atoms with Crippen LogP contribution in [0.5, 0.6) is 0 Å². The average Bonchev–Trinajstić information content (AvgIpc) is 3.33. The molecule has 2 aliphatic carbocycles. The Morgan fingerprint density at radius 2 is 1.77 bits per heavy atom. The molecule has 162 valence electrons. The highest BCUT2D eigenvalue weighted by Crippen LogP contribution is 2.36. The van der Waals surface area contributed by atoms with Crippen LogP contribution in [0.25, 0.3) is 22.4 Å². The van der Waals surface area contributed by atoms with Crippen LogP contribution in [-0.2, 0) is 4.79 Å². The number of amides is 1. The van der Waals surface area contributed by atoms with Crippen molar-refractivity contribution in [2.24, 2.45) is 11.8 Å². The molecule has 0 saturated heterocycles. The van der Waals surface area contributed by atoms with Crippen LogP contribution in [-0.4, -0.2) is 27.6 Å². The number of pyridine rings is 1. The quantitative estimate of drug-likeness (QED) is 0.612. The summed E-state index contributed by atoms with van der Waals surface area (Å²) in [4.78, 5) is 16.9. The number of nitrogens with zero attached hydrogens (tertiary/aromatic N) is 3. The zero-order valence-corrected chi connectivity index (χ0v) is 17.9. The Morgan fingerprint density at radius 3 is 2.61 bits per heavy atom. The molecular weight excluding hydrogens is 388 g/mol. The van der Waals surface area contributed by atoms with Crippen molar-refractivity contribution < 1.29 is 9.21 Å². The molecule has 1 aromatic carbocycles. The minimum Gasteiger partial charge on any atom is -0.419 e. The largest absolute Gasteiger partial charge is 0.419 e. The van der Waals surface area contributed by atoms with E-state index < -0.39 is 0 Å². The second-order valence-corrected chi connectivity index (χ2v) is 9.12. The number of nitrogens with one attached hydrogen (secondary N) is 1. The smallest absolute Gasteiger partial charge is 0.266 e. The Hall–Kier alpha value is -2.76. The summed E-state index contributed by atoms with van der Waals surface area (Å²) in [5.41, 5.74) is 0.746. The van der Waals surface area contributed by atoms with Crippen molar-refractivity contribution in [3.05, 3.63) is 42.4 Å². The highest BCUT2D eigenvalue weighted by atomic mass is 16.4. The maximum atomic E-state index is 12.4. The lowest BCUT2D eigenvalue weighted by Gasteiger charge is -2.28. The molecule has 2 aromatic heterocycles. The predicted octanol–water partition coefficient (Wildman–Crippen LogP) is 5.26. The summed E-state index contributed by atoms with van der Waals surface area (Å²) in [7, 11) is 0. The second-order valence-electron chi connectivity index (χ2n) is 9.12. The molecule has 2 saturated carbocycles. The Labute approximate surface area is 182 Å². The van der Waals surface area contributed by atoms with Crippen molar-refractivity contribution in [2.45, 2.75) is 63.7 Å². The van der Waals surface area contributed by atoms with Crippen LogP contribution in [0.2, 0.25) is 0 Å². The van der Waals surface area contributed by atoms with Crippen LogP contribution in [0.3, 0.4) is 0 Å². The van der Waals surface area contributed by atoms with Gasteiger partial charge in [0.2, 0.25) is 11.8 Å². The third-order valence-corrected chi connectivity index (χ3v) is 7.05. The van der Waals surface area contributed by atoms with E-state index in [1.165, 1.54) is 19.3 Å². The number of fused-ring (bicyclic) bond motifs is 1. The van der Waals surface area contributed by atoms with E-state index in [0.717, 1.165) is 67.4 Å². The summed E-state index contributed by atoms with van der Waals surface area (Å²) >= 11 is 0. The Bertz CT molecular complexity index is 1030. The van der Waals surface area contributed by atoms with Crippen molar-refractivity contribution >= 4 is 16.7 Å². The molecule has 0 spiro atoms. The second kappa shape index (κ2) is 9.16. The SMILES string of the molecule is O=C(NCC1CCC(c2nnc(-c3nccc4ccccc34)o2)CC1)C1CCCCC1. The zero-order valence-electron chi connectivity index (χ0n) is 17.9. The molecule has 0 bridgehead atoms. The van der Waals surface area contributed by atoms with E-state index in [2.05, 4.69) is 26.6 Å². The third kappa shape index (κ3) is 4.48. The maximum absolute atomic E-state index is 12.4. The standard InChI is InChI=1S/C25H30N4O2/c30-23(19-7-2-1-3-8-19)27-16-17-10-12-20(13-11-17)24-28-29-25(31-24)22-21-9-5-4-6-18(21)14-15-26-22/h4-6,9,14-15,17,19-20H,1-3,7-8,10-13,16H2,(H,27,30). The van der Waals surface area contributed by atoms with Gasteiger partial charge in [-0.2, -0.15) is 0 Å². The highest BCUT2D eigenvalue weighted by Gasteiger charge is 2.28. The van der Waals surface area contributed by atoms with Crippen LogP contribution >= 0.6 is 0 Å². The van der Waals surface area contributed by atoms with Gasteiger partial charge in [-0.1, -0.05) is 43.5 Å². The Kier molecular flexibility index (Phi) is 5.96. The molecule has 6 nitrogen and oxygen atoms in total. The van der Waals surface area contributed by atoms with Crippen molar-refractivity contribution in [1.82, 2.24) is 20.5 Å². The number of hydrogen-bond donors (Lipinski definition) is 1. The van der Waals surface area contributed by atoms with Gasteiger partial charge in [0.15, 0.2) is 0 Å². The van der Waals surface area contributed by atoms with Crippen LogP contribution in [0.1, 0.15) is 69.6 Å². The average molecular weight is 419 g/mol. The Balaban J connectivity index is 1.17. The first kappa shape index (κ1) is 20.2. The molecule has 1 amide bonds. The lowest BCUT2D eigenvalue weighted by molar-refractivity contribution is -0.126. The van der Waals surface area contributed by atoms with Crippen LogP contribution in [0, 0.1) is 11.8 Å². The fraction of sp³-hybridized carbons (Fsp3) is 0.520. The van der Waals surface area contributed by atoms with E-state index >= 15 is 0 Å². The maximum Gasteiger partial charge on any atom is 0.266 e. The van der Waals surface area contributed by atoms with E-state index in [4.69, 9.17) is 4.42 Å². The summed E-state index contributed by atoms with van der Waals surface area (Å²) in [5.74, 6) is 2.56. The van der Waals surface area contributed by atoms with Crippen molar-refractivity contribution in [3.8, 4) is 11.6 Å². The molecule has 0 aliphatic heterocycles. The van der Waals surface area contributed by atoms with Crippen LogP contribution in [0.15, 0.2) is 40.9 Å². The minimum atomic E-state index is 0.240. The van der Waals surface area contributed by atoms with E-state index in [0.29, 0.717) is 17.7 Å². The van der Waals surface area contributed by atoms with Gasteiger partial charge >= 0.3 is 0 Å². The Morgan fingerprint density at radius 1 is 0.968 bits per heavy atom. The van der Waals surface area contributed by atoms with Gasteiger partial charge in [0, 0.05) is 30.0 Å². The van der Waals surface area contributed by atoms with Gasteiger partial charge in [-0.05, 0) is 55.9 Å². The molecule has 2 heterocycles. The first-order chi connectivity index (χ1) is 15.3. The first-order valence-corrected chi connectivity index (χ1v) is 11.7. The summed E-state index contributed by atoms with van der Waals surface area (Å²) in [6.07, 6.45) is 11.8. The van der Waals surface area contributed by atoms with Crippen LogP contribution in [0.4, 0.5) is 0 Å². The molecule has 2 aliphatic rings. The molecule has 3 aromatic rings. The molecule has 1 N–H and O–H groups in total. The van der Waals surface area contributed by atoms with Crippen LogP contribution < -0.4 is 5.32 Å². The molecular formula is C25H30N4O2. The van der Waals surface area contributed by atoms with E-state index in [1.807, 2.05) is 24.3 Å². The number of aromatic nitrogens is 3. The fourth-order valence-corrected chi connectivity index (χ4v) is 5.15. The molecule has 6 heteroatoms. The molecule has 0 atom stereocenters. The normalized spacial score (nSPS) is 22.5. The van der Waals surface area contributed by atoms with Gasteiger partial charge in [-0.25, -0.2) is 0 Å². The third-order valence-electron chi connectivity index (χ3n) is 7.05. The monoisotopic (exact) mass is 418 g/mol. The lowest BCUT2D eigenvalue weighted by Crippen LogP contribution is -2.36. The molecule has 31 heavy (non-hydrogen) atoms. The summed E-state index contributed by atoms with van der Waals surface area (Å²) in [5, 5.41) is 14.0. The number of carbonyl (C=O) groups excluding carboxylic acids is 1. The van der Waals surface area contributed by atoms with E-state index in [-0.39, 0.29) is 11.8 Å². The van der Waals surface area contributed by atoms with Gasteiger partial charge in [0.25, 0.3) is 5.89 Å². The van der Waals surface area contributed by atoms with E-state index in [1.54, 1.807) is 6.20 Å². The van der Waals surface area contributed by atoms with Crippen molar-refractivity contribution in [1.29, 1.82) is 0 Å². The number of rotatable bonds is 5. The first-order valence-electron chi connectivity index (χ1n) is 11.7. The van der Waals surface area contributed by atoms with Gasteiger partial charge < -0.3 is 9.73 Å². The predicted molar refractivity (Wildman–Crippen MR) is 119 cm³/mol. The molecule has 5 rings (SSSR count). The van der Waals surface area contributed by atoms with Crippen molar-refractivity contribution in [3.63, 3.8) is 0 Å². The van der Waals surface area contributed by atoms with Gasteiger partial charge in [-0.3, -0.25) is 9.78 Å². The molecule has 0 unspecified atom stereocenters. The van der Waals surface area contributed by atoms with E-state index in [9.17, 15) is 4.79 Å². The zero-order chi connectivity index (χ0) is 21.0. The summed E-state index contributed by atoms with van der Waals surface area (Å²) < 4.78 is 6.08. The number of carbonyl (C=O) groups is 1. The fourth-order valence-electron chi connectivity index (χ4n) is 5.15. The molecule has 0 radical (unpaired) electrons. The number of hydrogen-bond acceptors (Lipinski definition) is 5. The summed E-state index contributed by atoms with van der Waals surface area (Å²) in [6.45, 7) is 0.803.